The number of nitrogens with zero attached hydrogens (tertiary/aromatic N) is 2. The normalized spacial score (nSPS) is 13.5. The molecule has 2 rings (SSSR count). The van der Waals surface area contributed by atoms with Crippen LogP contribution >= 0.6 is 11.6 Å². The number of alkyl halides is 3. The highest BCUT2D eigenvalue weighted by Crippen LogP contribution is 2.29. The zero-order valence-corrected chi connectivity index (χ0v) is 10.1. The lowest BCUT2D eigenvalue weighted by atomic mass is 10.1. The summed E-state index contributed by atoms with van der Waals surface area (Å²) in [6, 6.07) is 4.68. The fourth-order valence-electron chi connectivity index (χ4n) is 1.84. The number of rotatable bonds is 2. The van der Waals surface area contributed by atoms with Crippen LogP contribution in [0.1, 0.15) is 10.9 Å². The second-order valence-electron chi connectivity index (χ2n) is 3.88. The van der Waals surface area contributed by atoms with Gasteiger partial charge in [0.2, 0.25) is 0 Å². The molecule has 0 spiro atoms. The molecular weight excluding hydrogens is 250 g/mol. The van der Waals surface area contributed by atoms with Gasteiger partial charge in [-0.2, -0.15) is 0 Å². The Morgan fingerprint density at radius 3 is 2.35 bits per heavy atom. The molecule has 0 N–H and O–H groups in total. The Kier molecular flexibility index (Phi) is 2.95. The summed E-state index contributed by atoms with van der Waals surface area (Å²) in [5, 5.41) is -1.35. The number of hydrogen-bond acceptors (Lipinski definition) is 1. The van der Waals surface area contributed by atoms with Gasteiger partial charge in [0.25, 0.3) is 6.43 Å². The average Bonchev–Trinajstić information content (AvgIpc) is 2.53. The quantitative estimate of drug-likeness (QED) is 0.762. The van der Waals surface area contributed by atoms with Gasteiger partial charge < -0.3 is 0 Å². The third kappa shape index (κ3) is 1.84. The molecule has 0 aliphatic carbocycles. The van der Waals surface area contributed by atoms with Crippen molar-refractivity contribution in [2.45, 2.75) is 11.8 Å². The van der Waals surface area contributed by atoms with Gasteiger partial charge in [-0.25, -0.2) is 13.6 Å². The van der Waals surface area contributed by atoms with E-state index in [9.17, 15) is 13.6 Å². The summed E-state index contributed by atoms with van der Waals surface area (Å²) in [7, 11) is 3.23. The Hall–Kier alpha value is -1.36. The summed E-state index contributed by atoms with van der Waals surface area (Å²) in [6.07, 6.45) is -2.63. The molecule has 0 amide bonds. The highest BCUT2D eigenvalue weighted by atomic mass is 35.5. The molecule has 0 fully saturated rings. The van der Waals surface area contributed by atoms with Crippen molar-refractivity contribution in [3.05, 3.63) is 34.2 Å². The molecule has 1 atom stereocenters. The fraction of sp³-hybridized carbons (Fsp3) is 0.364. The van der Waals surface area contributed by atoms with Gasteiger partial charge in [-0.15, -0.1) is 11.6 Å². The zero-order chi connectivity index (χ0) is 12.7. The van der Waals surface area contributed by atoms with E-state index in [0.29, 0.717) is 16.6 Å². The van der Waals surface area contributed by atoms with E-state index in [1.54, 1.807) is 20.2 Å². The first-order valence-electron chi connectivity index (χ1n) is 5.01. The fourth-order valence-corrected chi connectivity index (χ4v) is 1.98. The monoisotopic (exact) mass is 260 g/mol. The number of hydrogen-bond donors (Lipinski definition) is 0. The second kappa shape index (κ2) is 4.14. The number of aryl methyl sites for hydroxylation is 2. The summed E-state index contributed by atoms with van der Waals surface area (Å²) in [4.78, 5) is 11.6. The number of aromatic nitrogens is 2. The maximum atomic E-state index is 12.5. The molecule has 92 valence electrons. The Morgan fingerprint density at radius 2 is 1.76 bits per heavy atom. The van der Waals surface area contributed by atoms with E-state index >= 15 is 0 Å². The number of benzene rings is 1. The van der Waals surface area contributed by atoms with Crippen molar-refractivity contribution in [3.63, 3.8) is 0 Å². The molecule has 1 aromatic carbocycles. The van der Waals surface area contributed by atoms with Crippen LogP contribution in [-0.4, -0.2) is 15.6 Å². The lowest BCUT2D eigenvalue weighted by Crippen LogP contribution is -2.19. The molecule has 0 aliphatic heterocycles. The Labute approximate surface area is 101 Å². The minimum absolute atomic E-state index is 0.194. The van der Waals surface area contributed by atoms with Crippen LogP contribution in [0.4, 0.5) is 8.78 Å². The maximum Gasteiger partial charge on any atom is 0.328 e. The van der Waals surface area contributed by atoms with Crippen molar-refractivity contribution in [3.8, 4) is 0 Å². The van der Waals surface area contributed by atoms with Crippen LogP contribution in [0.2, 0.25) is 0 Å². The Morgan fingerprint density at radius 1 is 1.18 bits per heavy atom. The van der Waals surface area contributed by atoms with Crippen molar-refractivity contribution >= 4 is 22.6 Å². The number of halogens is 3. The van der Waals surface area contributed by atoms with Crippen molar-refractivity contribution in [2.24, 2.45) is 14.1 Å². The third-order valence-corrected chi connectivity index (χ3v) is 3.28. The van der Waals surface area contributed by atoms with Crippen molar-refractivity contribution in [1.82, 2.24) is 9.13 Å². The smallest absolute Gasteiger partial charge is 0.295 e. The Bertz CT molecular complexity index is 618. The maximum absolute atomic E-state index is 12.5. The minimum Gasteiger partial charge on any atom is -0.295 e. The van der Waals surface area contributed by atoms with Crippen molar-refractivity contribution in [2.75, 3.05) is 0 Å². The third-order valence-electron chi connectivity index (χ3n) is 2.84. The molecule has 1 aromatic heterocycles. The summed E-state index contributed by atoms with van der Waals surface area (Å²) < 4.78 is 27.9. The highest BCUT2D eigenvalue weighted by Gasteiger charge is 2.20. The van der Waals surface area contributed by atoms with Crippen LogP contribution in [0, 0.1) is 0 Å². The Balaban J connectivity index is 2.66. The van der Waals surface area contributed by atoms with Gasteiger partial charge in [0, 0.05) is 14.1 Å². The van der Waals surface area contributed by atoms with Crippen LogP contribution in [0.3, 0.4) is 0 Å². The molecule has 1 heterocycles. The van der Waals surface area contributed by atoms with E-state index in [1.807, 2.05) is 0 Å². The molecule has 0 bridgehead atoms. The first kappa shape index (κ1) is 12.1. The first-order valence-corrected chi connectivity index (χ1v) is 5.44. The van der Waals surface area contributed by atoms with Gasteiger partial charge in [0.05, 0.1) is 11.0 Å². The van der Waals surface area contributed by atoms with E-state index in [2.05, 4.69) is 0 Å². The van der Waals surface area contributed by atoms with Gasteiger partial charge in [-0.05, 0) is 17.7 Å². The van der Waals surface area contributed by atoms with E-state index in [1.165, 1.54) is 21.3 Å². The lowest BCUT2D eigenvalue weighted by molar-refractivity contribution is 0.143. The molecule has 17 heavy (non-hydrogen) atoms. The zero-order valence-electron chi connectivity index (χ0n) is 9.32. The van der Waals surface area contributed by atoms with E-state index < -0.39 is 11.8 Å². The lowest BCUT2D eigenvalue weighted by Gasteiger charge is -2.08. The van der Waals surface area contributed by atoms with E-state index in [4.69, 9.17) is 11.6 Å². The van der Waals surface area contributed by atoms with Gasteiger partial charge >= 0.3 is 5.69 Å². The van der Waals surface area contributed by atoms with Crippen molar-refractivity contribution < 1.29 is 8.78 Å². The van der Waals surface area contributed by atoms with E-state index in [-0.39, 0.29) is 5.69 Å². The van der Waals surface area contributed by atoms with Gasteiger partial charge in [0.1, 0.15) is 5.38 Å². The summed E-state index contributed by atoms with van der Waals surface area (Å²) in [5.74, 6) is 0. The van der Waals surface area contributed by atoms with Gasteiger partial charge in [-0.1, -0.05) is 6.07 Å². The summed E-state index contributed by atoms with van der Waals surface area (Å²) in [5.41, 5.74) is 1.41. The predicted molar refractivity (Wildman–Crippen MR) is 62.8 cm³/mol. The van der Waals surface area contributed by atoms with Crippen molar-refractivity contribution in [1.29, 1.82) is 0 Å². The number of imidazole rings is 1. The molecule has 0 saturated carbocycles. The SMILES string of the molecule is Cn1c(=O)n(C)c2cc(C(Cl)C(F)F)ccc21. The molecule has 0 aliphatic rings. The standard InChI is InChI=1S/C11H11ClF2N2O/c1-15-7-4-3-6(9(12)10(13)14)5-8(7)16(2)11(15)17/h3-5,9-10H,1-2H3. The first-order chi connectivity index (χ1) is 7.93. The predicted octanol–water partition coefficient (Wildman–Crippen LogP) is 2.42. The average molecular weight is 261 g/mol. The topological polar surface area (TPSA) is 26.9 Å². The van der Waals surface area contributed by atoms with Gasteiger partial charge in [-0.3, -0.25) is 9.13 Å². The minimum atomic E-state index is -2.63. The second-order valence-corrected chi connectivity index (χ2v) is 4.36. The van der Waals surface area contributed by atoms with Crippen LogP contribution in [0.5, 0.6) is 0 Å². The van der Waals surface area contributed by atoms with Crippen LogP contribution in [0.25, 0.3) is 11.0 Å². The molecule has 2 aromatic rings. The van der Waals surface area contributed by atoms with E-state index in [0.717, 1.165) is 0 Å². The molecule has 0 saturated heterocycles. The molecule has 6 heteroatoms. The molecule has 3 nitrogen and oxygen atoms in total. The van der Waals surface area contributed by atoms with Crippen LogP contribution in [0.15, 0.2) is 23.0 Å². The highest BCUT2D eigenvalue weighted by molar-refractivity contribution is 6.21. The number of fused-ring (bicyclic) bond motifs is 1. The molecule has 0 radical (unpaired) electrons. The van der Waals surface area contributed by atoms with Gasteiger partial charge in [0.15, 0.2) is 0 Å². The summed E-state index contributed by atoms with van der Waals surface area (Å²) in [6.45, 7) is 0. The largest absolute Gasteiger partial charge is 0.328 e. The van der Waals surface area contributed by atoms with Crippen LogP contribution < -0.4 is 5.69 Å². The van der Waals surface area contributed by atoms with Crippen LogP contribution in [-0.2, 0) is 14.1 Å². The molecular formula is C11H11ClF2N2O. The summed E-state index contributed by atoms with van der Waals surface area (Å²) >= 11 is 5.60. The molecule has 1 unspecified atom stereocenters.